The van der Waals surface area contributed by atoms with Gasteiger partial charge in [0.25, 0.3) is 0 Å². The molecule has 0 aliphatic carbocycles. The number of benzene rings is 2. The van der Waals surface area contributed by atoms with Gasteiger partial charge >= 0.3 is 0 Å². The molecule has 0 spiro atoms. The lowest BCUT2D eigenvalue weighted by Gasteiger charge is -2.37. The molecule has 0 bridgehead atoms. The number of hydrogen-bond acceptors (Lipinski definition) is 5. The van der Waals surface area contributed by atoms with E-state index in [0.29, 0.717) is 23.0 Å². The predicted octanol–water partition coefficient (Wildman–Crippen LogP) is 5.77. The summed E-state index contributed by atoms with van der Waals surface area (Å²) in [6, 6.07) is 18.9. The van der Waals surface area contributed by atoms with Crippen molar-refractivity contribution in [1.29, 1.82) is 0 Å². The molecular formula is C26H20FN5O. The summed E-state index contributed by atoms with van der Waals surface area (Å²) in [5, 5.41) is 0. The van der Waals surface area contributed by atoms with Crippen molar-refractivity contribution in [2.45, 2.75) is 25.2 Å². The quantitative estimate of drug-likeness (QED) is 0.388. The highest BCUT2D eigenvalue weighted by atomic mass is 19.1. The van der Waals surface area contributed by atoms with Crippen molar-refractivity contribution in [2.24, 2.45) is 0 Å². The number of nitrogens with zero attached hydrogens (tertiary/aromatic N) is 4. The second-order valence-electron chi connectivity index (χ2n) is 8.69. The first-order chi connectivity index (χ1) is 16.0. The number of nitrogens with one attached hydrogen (secondary N) is 1. The minimum atomic E-state index is -0.570. The molecule has 0 saturated carbocycles. The van der Waals surface area contributed by atoms with Crippen molar-refractivity contribution in [2.75, 3.05) is 0 Å². The largest absolute Gasteiger partial charge is 0.435 e. The third-order valence-electron chi connectivity index (χ3n) is 6.24. The molecule has 33 heavy (non-hydrogen) atoms. The average molecular weight is 437 g/mol. The molecule has 2 aromatic carbocycles. The number of pyridine rings is 1. The van der Waals surface area contributed by atoms with Gasteiger partial charge in [0.05, 0.1) is 5.69 Å². The van der Waals surface area contributed by atoms with Gasteiger partial charge in [0.1, 0.15) is 5.82 Å². The zero-order chi connectivity index (χ0) is 22.6. The van der Waals surface area contributed by atoms with Crippen LogP contribution < -0.4 is 4.74 Å². The van der Waals surface area contributed by atoms with Crippen LogP contribution in [0.15, 0.2) is 73.1 Å². The molecule has 7 heteroatoms. The Balaban J connectivity index is 1.55. The van der Waals surface area contributed by atoms with Gasteiger partial charge in [-0.15, -0.1) is 0 Å². The number of para-hydroxylation sites is 1. The van der Waals surface area contributed by atoms with Crippen molar-refractivity contribution in [1.82, 2.24) is 24.9 Å². The molecule has 6 rings (SSSR count). The summed E-state index contributed by atoms with van der Waals surface area (Å²) in [5.41, 5.74) is 3.95. The molecule has 0 saturated heterocycles. The number of aromatic nitrogens is 5. The first kappa shape index (κ1) is 19.5. The third kappa shape index (κ3) is 3.08. The number of rotatable bonds is 3. The van der Waals surface area contributed by atoms with Crippen LogP contribution in [0.5, 0.6) is 11.6 Å². The first-order valence-corrected chi connectivity index (χ1v) is 10.7. The highest BCUT2D eigenvalue weighted by Crippen LogP contribution is 2.52. The number of imidazole rings is 1. The van der Waals surface area contributed by atoms with E-state index in [1.54, 1.807) is 18.5 Å². The van der Waals surface area contributed by atoms with E-state index in [0.717, 1.165) is 22.4 Å². The topological polar surface area (TPSA) is 76.6 Å². The number of ether oxygens (including phenoxy) is 1. The van der Waals surface area contributed by atoms with Crippen molar-refractivity contribution in [3.05, 3.63) is 95.8 Å². The lowest BCUT2D eigenvalue weighted by molar-refractivity contribution is 0.353. The SMILES string of the molecule is CC(C)(c1nc2nccnc2[nH]1)[C@@H]1c2ccc(-c3ccccc3)nc2Oc2c(F)cccc21. The number of fused-ring (bicyclic) bond motifs is 3. The van der Waals surface area contributed by atoms with Gasteiger partial charge in [-0.25, -0.2) is 24.3 Å². The molecule has 3 aromatic heterocycles. The molecule has 0 radical (unpaired) electrons. The van der Waals surface area contributed by atoms with Crippen LogP contribution in [-0.2, 0) is 5.41 Å². The molecule has 0 amide bonds. The summed E-state index contributed by atoms with van der Waals surface area (Å²) in [6.07, 6.45) is 3.24. The third-order valence-corrected chi connectivity index (χ3v) is 6.24. The second kappa shape index (κ2) is 7.20. The molecule has 1 N–H and O–H groups in total. The highest BCUT2D eigenvalue weighted by molar-refractivity contribution is 5.66. The molecule has 6 nitrogen and oxygen atoms in total. The Kier molecular flexibility index (Phi) is 4.26. The van der Waals surface area contributed by atoms with E-state index in [4.69, 9.17) is 14.7 Å². The van der Waals surface area contributed by atoms with Gasteiger partial charge in [-0.2, -0.15) is 0 Å². The molecule has 1 atom stereocenters. The van der Waals surface area contributed by atoms with Crippen molar-refractivity contribution >= 4 is 11.3 Å². The Morgan fingerprint density at radius 3 is 2.52 bits per heavy atom. The van der Waals surface area contributed by atoms with Crippen molar-refractivity contribution < 1.29 is 9.13 Å². The van der Waals surface area contributed by atoms with Gasteiger partial charge in [-0.05, 0) is 12.1 Å². The highest BCUT2D eigenvalue weighted by Gasteiger charge is 2.43. The summed E-state index contributed by atoms with van der Waals surface area (Å²) in [4.78, 5) is 21.4. The number of aromatic amines is 1. The van der Waals surface area contributed by atoms with Crippen LogP contribution in [0.2, 0.25) is 0 Å². The summed E-state index contributed by atoms with van der Waals surface area (Å²) < 4.78 is 21.0. The lowest BCUT2D eigenvalue weighted by Crippen LogP contribution is -2.32. The van der Waals surface area contributed by atoms with E-state index < -0.39 is 11.2 Å². The molecule has 1 aliphatic heterocycles. The number of halogens is 1. The maximum absolute atomic E-state index is 14.9. The second-order valence-corrected chi connectivity index (χ2v) is 8.69. The smallest absolute Gasteiger partial charge is 0.223 e. The van der Waals surface area contributed by atoms with Gasteiger partial charge in [0.15, 0.2) is 22.9 Å². The van der Waals surface area contributed by atoms with E-state index in [1.807, 2.05) is 48.5 Å². The minimum Gasteiger partial charge on any atom is -0.435 e. The van der Waals surface area contributed by atoms with Crippen LogP contribution in [0.25, 0.3) is 22.6 Å². The number of hydrogen-bond donors (Lipinski definition) is 1. The molecule has 0 fully saturated rings. The summed E-state index contributed by atoms with van der Waals surface area (Å²) >= 11 is 0. The van der Waals surface area contributed by atoms with Gasteiger partial charge in [-0.3, -0.25) is 0 Å². The first-order valence-electron chi connectivity index (χ1n) is 10.7. The van der Waals surface area contributed by atoms with E-state index in [1.165, 1.54) is 6.07 Å². The standard InChI is InChI=1S/C26H20FN5O/c1-26(2,25-31-22-23(32-25)29-14-13-28-22)20-16-9-6-10-18(27)21(16)33-24-17(20)11-12-19(30-24)15-7-4-3-5-8-15/h3-14,20H,1-2H3,(H,28,29,31,32)/t20-/m0/s1. The molecule has 4 heterocycles. The average Bonchev–Trinajstić information content (AvgIpc) is 3.29. The van der Waals surface area contributed by atoms with Crippen molar-refractivity contribution in [3.63, 3.8) is 0 Å². The Morgan fingerprint density at radius 1 is 0.879 bits per heavy atom. The molecular weight excluding hydrogens is 417 g/mol. The summed E-state index contributed by atoms with van der Waals surface area (Å²) in [7, 11) is 0. The summed E-state index contributed by atoms with van der Waals surface area (Å²) in [5.74, 6) is 0.639. The van der Waals surface area contributed by atoms with Crippen molar-refractivity contribution in [3.8, 4) is 22.9 Å². The molecule has 5 aromatic rings. The van der Waals surface area contributed by atoms with Gasteiger partial charge in [-0.1, -0.05) is 62.4 Å². The normalized spacial score (nSPS) is 15.1. The van der Waals surface area contributed by atoms with E-state index in [9.17, 15) is 4.39 Å². The fourth-order valence-corrected chi connectivity index (χ4v) is 4.61. The van der Waals surface area contributed by atoms with Crippen LogP contribution in [0, 0.1) is 5.82 Å². The zero-order valence-corrected chi connectivity index (χ0v) is 18.1. The maximum atomic E-state index is 14.9. The predicted molar refractivity (Wildman–Crippen MR) is 123 cm³/mol. The Morgan fingerprint density at radius 2 is 1.70 bits per heavy atom. The zero-order valence-electron chi connectivity index (χ0n) is 18.1. The fraction of sp³-hybridized carbons (Fsp3) is 0.154. The van der Waals surface area contributed by atoms with Crippen LogP contribution in [0.3, 0.4) is 0 Å². The maximum Gasteiger partial charge on any atom is 0.223 e. The van der Waals surface area contributed by atoms with E-state index >= 15 is 0 Å². The number of H-pyrrole nitrogens is 1. The molecule has 0 unspecified atom stereocenters. The van der Waals surface area contributed by atoms with E-state index in [2.05, 4.69) is 28.8 Å². The monoisotopic (exact) mass is 437 g/mol. The van der Waals surface area contributed by atoms with Crippen LogP contribution in [-0.4, -0.2) is 24.9 Å². The summed E-state index contributed by atoms with van der Waals surface area (Å²) in [6.45, 7) is 4.15. The van der Waals surface area contributed by atoms with Gasteiger partial charge < -0.3 is 9.72 Å². The van der Waals surface area contributed by atoms with E-state index in [-0.39, 0.29) is 11.7 Å². The minimum absolute atomic E-state index is 0.202. The molecule has 1 aliphatic rings. The van der Waals surface area contributed by atoms with Gasteiger partial charge in [0.2, 0.25) is 5.88 Å². The van der Waals surface area contributed by atoms with Gasteiger partial charge in [0, 0.05) is 40.4 Å². The molecule has 162 valence electrons. The Hall–Kier alpha value is -4.13. The lowest BCUT2D eigenvalue weighted by atomic mass is 9.69. The van der Waals surface area contributed by atoms with Crippen LogP contribution >= 0.6 is 0 Å². The Labute approximate surface area is 189 Å². The van der Waals surface area contributed by atoms with Crippen LogP contribution in [0.4, 0.5) is 4.39 Å². The Bertz CT molecular complexity index is 1460. The fourth-order valence-electron chi connectivity index (χ4n) is 4.61. The van der Waals surface area contributed by atoms with Crippen LogP contribution in [0.1, 0.15) is 36.7 Å².